The van der Waals surface area contributed by atoms with Gasteiger partial charge in [0.25, 0.3) is 0 Å². The first-order valence-electron chi connectivity index (χ1n) is 11.0. The van der Waals surface area contributed by atoms with Gasteiger partial charge in [-0.05, 0) is 39.2 Å². The van der Waals surface area contributed by atoms with E-state index in [2.05, 4.69) is 18.5 Å². The molecule has 9 heteroatoms. The number of piperidine rings is 1. The van der Waals surface area contributed by atoms with Crippen LogP contribution in [0.2, 0.25) is 0 Å². The average molecular weight is 456 g/mol. The van der Waals surface area contributed by atoms with Crippen molar-refractivity contribution in [1.29, 1.82) is 0 Å². The van der Waals surface area contributed by atoms with Crippen molar-refractivity contribution in [3.63, 3.8) is 0 Å². The summed E-state index contributed by atoms with van der Waals surface area (Å²) in [5.41, 5.74) is -1.07. The van der Waals surface area contributed by atoms with Gasteiger partial charge in [-0.15, -0.1) is 0 Å². The maximum absolute atomic E-state index is 12.2. The van der Waals surface area contributed by atoms with Gasteiger partial charge in [0.1, 0.15) is 17.7 Å². The Bertz CT molecular complexity index is 645. The topological polar surface area (TPSA) is 111 Å². The fourth-order valence-electron chi connectivity index (χ4n) is 2.74. The molecule has 2 amide bonds. The molecule has 1 N–H and O–H groups in total. The van der Waals surface area contributed by atoms with Crippen LogP contribution in [-0.4, -0.2) is 59.4 Å². The maximum atomic E-state index is 12.2. The highest BCUT2D eigenvalue weighted by Gasteiger charge is 2.42. The van der Waals surface area contributed by atoms with Crippen molar-refractivity contribution in [3.8, 4) is 0 Å². The summed E-state index contributed by atoms with van der Waals surface area (Å²) in [6, 6.07) is 0. The van der Waals surface area contributed by atoms with Crippen LogP contribution in [0, 0.1) is 10.1 Å². The highest BCUT2D eigenvalue weighted by Crippen LogP contribution is 2.24. The standard InChI is InChI=1S/C19H29N3O6.2C2H6/c1-6-8-15(7-2)13-27-16(23)20-19(14-22(25)26)9-11-21(12-10-19)17(24)28-18(3,4)5;2*1-2/h6-8H,1-2,9-14H2,3-5H3,(H,20,23);2*1-2H3/b15-8+;;. The Morgan fingerprint density at radius 1 is 1.16 bits per heavy atom. The van der Waals surface area contributed by atoms with E-state index in [0.29, 0.717) is 5.57 Å². The van der Waals surface area contributed by atoms with Crippen molar-refractivity contribution in [2.75, 3.05) is 26.2 Å². The van der Waals surface area contributed by atoms with Crippen molar-refractivity contribution in [1.82, 2.24) is 10.2 Å². The van der Waals surface area contributed by atoms with E-state index < -0.39 is 34.8 Å². The highest BCUT2D eigenvalue weighted by molar-refractivity contribution is 5.70. The molecule has 0 aliphatic carbocycles. The first-order chi connectivity index (χ1) is 15.0. The number of ether oxygens (including phenoxy) is 2. The third-order valence-electron chi connectivity index (χ3n) is 4.14. The molecule has 9 nitrogen and oxygen atoms in total. The highest BCUT2D eigenvalue weighted by atomic mass is 16.6. The quantitative estimate of drug-likeness (QED) is 0.324. The van der Waals surface area contributed by atoms with Gasteiger partial charge in [0, 0.05) is 18.0 Å². The summed E-state index contributed by atoms with van der Waals surface area (Å²) in [5, 5.41) is 13.8. The molecule has 0 unspecified atom stereocenters. The summed E-state index contributed by atoms with van der Waals surface area (Å²) < 4.78 is 10.5. The van der Waals surface area contributed by atoms with Crippen molar-refractivity contribution in [3.05, 3.63) is 47.1 Å². The Hall–Kier alpha value is -2.84. The monoisotopic (exact) mass is 455 g/mol. The summed E-state index contributed by atoms with van der Waals surface area (Å²) >= 11 is 0. The number of rotatable bonds is 7. The van der Waals surface area contributed by atoms with Crippen LogP contribution in [0.3, 0.4) is 0 Å². The molecule has 1 saturated heterocycles. The third kappa shape index (κ3) is 12.8. The molecule has 0 aromatic heterocycles. The number of nitrogens with zero attached hydrogens (tertiary/aromatic N) is 2. The molecule has 1 fully saturated rings. The lowest BCUT2D eigenvalue weighted by atomic mass is 9.87. The number of hydrogen-bond donors (Lipinski definition) is 1. The lowest BCUT2D eigenvalue weighted by Gasteiger charge is -2.39. The van der Waals surface area contributed by atoms with Crippen LogP contribution in [0.15, 0.2) is 37.0 Å². The van der Waals surface area contributed by atoms with Gasteiger partial charge < -0.3 is 19.7 Å². The zero-order valence-corrected chi connectivity index (χ0v) is 20.7. The molecule has 1 heterocycles. The van der Waals surface area contributed by atoms with Gasteiger partial charge >= 0.3 is 12.2 Å². The van der Waals surface area contributed by atoms with Crippen LogP contribution in [0.4, 0.5) is 9.59 Å². The van der Waals surface area contributed by atoms with E-state index in [1.807, 2.05) is 27.7 Å². The second kappa shape index (κ2) is 15.9. The largest absolute Gasteiger partial charge is 0.445 e. The lowest BCUT2D eigenvalue weighted by Crippen LogP contribution is -2.59. The minimum atomic E-state index is -1.09. The number of hydrogen-bond acceptors (Lipinski definition) is 6. The summed E-state index contributed by atoms with van der Waals surface area (Å²) in [6.07, 6.45) is 3.92. The zero-order chi connectivity index (χ0) is 25.4. The zero-order valence-electron chi connectivity index (χ0n) is 20.7. The van der Waals surface area contributed by atoms with E-state index in [1.165, 1.54) is 11.0 Å². The predicted octanol–water partition coefficient (Wildman–Crippen LogP) is 5.11. The number of nitrogens with one attached hydrogen (secondary N) is 1. The van der Waals surface area contributed by atoms with Crippen LogP contribution >= 0.6 is 0 Å². The lowest BCUT2D eigenvalue weighted by molar-refractivity contribution is -0.491. The fraction of sp³-hybridized carbons (Fsp3) is 0.652. The second-order valence-electron chi connectivity index (χ2n) is 7.62. The average Bonchev–Trinajstić information content (AvgIpc) is 2.72. The van der Waals surface area contributed by atoms with E-state index in [0.717, 1.165) is 0 Å². The van der Waals surface area contributed by atoms with Gasteiger partial charge in [0.15, 0.2) is 0 Å². The molecule has 0 saturated carbocycles. The number of carbonyl (C=O) groups is 2. The van der Waals surface area contributed by atoms with Gasteiger partial charge in [0.2, 0.25) is 6.54 Å². The molecular weight excluding hydrogens is 414 g/mol. The number of carbonyl (C=O) groups excluding carboxylic acids is 2. The van der Waals surface area contributed by atoms with Gasteiger partial charge in [0.05, 0.1) is 0 Å². The van der Waals surface area contributed by atoms with Crippen molar-refractivity contribution >= 4 is 12.2 Å². The van der Waals surface area contributed by atoms with Crippen molar-refractivity contribution in [2.24, 2.45) is 0 Å². The fourth-order valence-corrected chi connectivity index (χ4v) is 2.74. The van der Waals surface area contributed by atoms with Gasteiger partial charge in [-0.25, -0.2) is 9.59 Å². The molecular formula is C23H41N3O6. The molecule has 184 valence electrons. The van der Waals surface area contributed by atoms with Crippen LogP contribution in [0.5, 0.6) is 0 Å². The molecule has 0 spiro atoms. The second-order valence-corrected chi connectivity index (χ2v) is 7.62. The Balaban J connectivity index is 0. The van der Waals surface area contributed by atoms with Crippen molar-refractivity contribution in [2.45, 2.75) is 72.4 Å². The minimum absolute atomic E-state index is 0.0278. The van der Waals surface area contributed by atoms with E-state index in [9.17, 15) is 19.7 Å². The molecule has 0 aromatic rings. The van der Waals surface area contributed by atoms with Crippen LogP contribution in [-0.2, 0) is 9.47 Å². The first-order valence-corrected chi connectivity index (χ1v) is 11.0. The Morgan fingerprint density at radius 2 is 1.69 bits per heavy atom. The van der Waals surface area contributed by atoms with Gasteiger partial charge in [-0.1, -0.05) is 59.1 Å². The predicted molar refractivity (Wildman–Crippen MR) is 127 cm³/mol. The summed E-state index contributed by atoms with van der Waals surface area (Å²) in [5.74, 6) is 0. The Labute approximate surface area is 192 Å². The molecule has 1 aliphatic heterocycles. The maximum Gasteiger partial charge on any atom is 0.410 e. The molecule has 0 radical (unpaired) electrons. The number of likely N-dealkylation sites (tertiary alicyclic amines) is 1. The van der Waals surface area contributed by atoms with Crippen LogP contribution in [0.1, 0.15) is 61.3 Å². The number of allylic oxidation sites excluding steroid dienone is 2. The Morgan fingerprint density at radius 3 is 2.09 bits per heavy atom. The van der Waals surface area contributed by atoms with Crippen molar-refractivity contribution < 1.29 is 24.0 Å². The molecule has 0 atom stereocenters. The normalized spacial score (nSPS) is 15.0. The van der Waals surface area contributed by atoms with Crippen LogP contribution in [0.25, 0.3) is 0 Å². The smallest absolute Gasteiger partial charge is 0.410 e. The first kappa shape index (κ1) is 31.3. The molecule has 0 aromatic carbocycles. The van der Waals surface area contributed by atoms with Crippen LogP contribution < -0.4 is 5.32 Å². The third-order valence-corrected chi connectivity index (χ3v) is 4.14. The molecule has 1 aliphatic rings. The summed E-state index contributed by atoms with van der Waals surface area (Å²) in [6.45, 7) is 20.4. The summed E-state index contributed by atoms with van der Waals surface area (Å²) in [4.78, 5) is 36.5. The molecule has 1 rings (SSSR count). The molecule has 32 heavy (non-hydrogen) atoms. The van der Waals surface area contributed by atoms with Gasteiger partial charge in [-0.3, -0.25) is 10.1 Å². The number of amides is 2. The van der Waals surface area contributed by atoms with E-state index in [4.69, 9.17) is 9.47 Å². The molecule has 0 bridgehead atoms. The SMILES string of the molecule is C=C/C=C(\C=C)COC(=O)NC1(C[N+](=O)[O-])CCN(C(=O)OC(C)(C)C)CC1.CC.CC. The number of nitro groups is 1. The summed E-state index contributed by atoms with van der Waals surface area (Å²) in [7, 11) is 0. The van der Waals surface area contributed by atoms with E-state index >= 15 is 0 Å². The minimum Gasteiger partial charge on any atom is -0.445 e. The van der Waals surface area contributed by atoms with E-state index in [1.54, 1.807) is 32.9 Å². The van der Waals surface area contributed by atoms with E-state index in [-0.39, 0.29) is 32.5 Å². The number of alkyl carbamates (subject to hydrolysis) is 1. The van der Waals surface area contributed by atoms with Gasteiger partial charge in [-0.2, -0.15) is 0 Å². The Kier molecular flexibility index (Phi) is 15.6.